The minimum absolute atomic E-state index is 0.355. The van der Waals surface area contributed by atoms with Crippen molar-refractivity contribution in [1.29, 1.82) is 0 Å². The van der Waals surface area contributed by atoms with Crippen molar-refractivity contribution < 1.29 is 0 Å². The van der Waals surface area contributed by atoms with Crippen LogP contribution in [0.4, 0.5) is 0 Å². The van der Waals surface area contributed by atoms with Gasteiger partial charge in [0.25, 0.3) is 0 Å². The monoisotopic (exact) mass is 566 g/mol. The molecule has 6 aromatic carbocycles. The predicted octanol–water partition coefficient (Wildman–Crippen LogP) is 8.66. The van der Waals surface area contributed by atoms with Crippen LogP contribution >= 0.6 is 0 Å². The van der Waals surface area contributed by atoms with Gasteiger partial charge < -0.3 is 10.6 Å². The molecule has 2 aliphatic rings. The maximum atomic E-state index is 5.20. The molecule has 1 unspecified atom stereocenters. The number of amidine groups is 2. The summed E-state index contributed by atoms with van der Waals surface area (Å²) in [5.74, 6) is 1.61. The van der Waals surface area contributed by atoms with Crippen LogP contribution in [-0.4, -0.2) is 18.2 Å². The molecule has 8 rings (SSSR count). The van der Waals surface area contributed by atoms with Crippen molar-refractivity contribution in [3.63, 3.8) is 0 Å². The van der Waals surface area contributed by atoms with E-state index in [9.17, 15) is 0 Å². The van der Waals surface area contributed by atoms with E-state index in [1.165, 1.54) is 27.1 Å². The Bertz CT molecular complexity index is 2140. The number of nitrogens with zero attached hydrogens (tertiary/aromatic N) is 2. The second-order valence-corrected chi connectivity index (χ2v) is 11.1. The third kappa shape index (κ3) is 4.87. The SMILES string of the molecule is C1=CC(c2cc(C3=NC(c4ccccc4)N=C(c4ccccc4)N3)cc(-c3cc4ccccc4c4ccccc34)c2)=CNC1. The van der Waals surface area contributed by atoms with Gasteiger partial charge in [-0.15, -0.1) is 0 Å². The average Bonchev–Trinajstić information content (AvgIpc) is 3.12. The van der Waals surface area contributed by atoms with E-state index in [2.05, 4.69) is 126 Å². The summed E-state index contributed by atoms with van der Waals surface area (Å²) in [4.78, 5) is 10.2. The normalized spacial score (nSPS) is 16.1. The van der Waals surface area contributed by atoms with Gasteiger partial charge in [0.1, 0.15) is 11.7 Å². The van der Waals surface area contributed by atoms with Gasteiger partial charge in [-0.3, -0.25) is 0 Å². The van der Waals surface area contributed by atoms with Gasteiger partial charge in [0.2, 0.25) is 0 Å². The second kappa shape index (κ2) is 11.2. The largest absolute Gasteiger partial charge is 0.387 e. The Labute approximate surface area is 256 Å². The summed E-state index contributed by atoms with van der Waals surface area (Å²) in [6.07, 6.45) is 6.10. The molecule has 2 heterocycles. The van der Waals surface area contributed by atoms with Crippen LogP contribution in [0.5, 0.6) is 0 Å². The summed E-state index contributed by atoms with van der Waals surface area (Å²) in [5, 5.41) is 12.0. The van der Waals surface area contributed by atoms with E-state index in [1.54, 1.807) is 0 Å². The molecule has 0 fully saturated rings. The fourth-order valence-corrected chi connectivity index (χ4v) is 6.14. The summed E-state index contributed by atoms with van der Waals surface area (Å²) in [7, 11) is 0. The lowest BCUT2D eigenvalue weighted by Crippen LogP contribution is -2.36. The third-order valence-electron chi connectivity index (χ3n) is 8.29. The Morgan fingerprint density at radius 3 is 1.95 bits per heavy atom. The van der Waals surface area contributed by atoms with Crippen molar-refractivity contribution in [2.75, 3.05) is 6.54 Å². The van der Waals surface area contributed by atoms with Crippen LogP contribution in [0.1, 0.15) is 28.4 Å². The highest BCUT2D eigenvalue weighted by molar-refractivity contribution is 6.17. The van der Waals surface area contributed by atoms with E-state index >= 15 is 0 Å². The lowest BCUT2D eigenvalue weighted by atomic mass is 9.90. The van der Waals surface area contributed by atoms with Gasteiger partial charge in [-0.05, 0) is 73.6 Å². The first-order valence-corrected chi connectivity index (χ1v) is 15.0. The van der Waals surface area contributed by atoms with Gasteiger partial charge in [0.05, 0.1) is 0 Å². The average molecular weight is 567 g/mol. The topological polar surface area (TPSA) is 48.8 Å². The molecular formula is C40H30N4. The van der Waals surface area contributed by atoms with Gasteiger partial charge >= 0.3 is 0 Å². The van der Waals surface area contributed by atoms with Crippen molar-refractivity contribution >= 4 is 38.8 Å². The molecule has 44 heavy (non-hydrogen) atoms. The number of benzene rings is 6. The highest BCUT2D eigenvalue weighted by atomic mass is 15.2. The minimum atomic E-state index is -0.355. The van der Waals surface area contributed by atoms with Crippen LogP contribution in [0.2, 0.25) is 0 Å². The van der Waals surface area contributed by atoms with Crippen LogP contribution < -0.4 is 10.6 Å². The first-order valence-electron chi connectivity index (χ1n) is 15.0. The van der Waals surface area contributed by atoms with E-state index in [-0.39, 0.29) is 6.17 Å². The molecule has 0 saturated heterocycles. The van der Waals surface area contributed by atoms with Crippen LogP contribution in [0, 0.1) is 0 Å². The van der Waals surface area contributed by atoms with Gasteiger partial charge in [-0.1, -0.05) is 121 Å². The molecule has 0 aromatic heterocycles. The zero-order chi connectivity index (χ0) is 29.3. The second-order valence-electron chi connectivity index (χ2n) is 11.1. The summed E-state index contributed by atoms with van der Waals surface area (Å²) < 4.78 is 0. The lowest BCUT2D eigenvalue weighted by Gasteiger charge is -2.23. The first kappa shape index (κ1) is 25.9. The van der Waals surface area contributed by atoms with Gasteiger partial charge in [-0.2, -0.15) is 0 Å². The Balaban J connectivity index is 1.34. The highest BCUT2D eigenvalue weighted by Gasteiger charge is 2.22. The van der Waals surface area contributed by atoms with Gasteiger partial charge in [0.15, 0.2) is 6.17 Å². The van der Waals surface area contributed by atoms with Crippen LogP contribution in [-0.2, 0) is 0 Å². The van der Waals surface area contributed by atoms with Crippen molar-refractivity contribution in [3.05, 3.63) is 174 Å². The summed E-state index contributed by atoms with van der Waals surface area (Å²) in [5.41, 5.74) is 7.70. The van der Waals surface area contributed by atoms with E-state index in [4.69, 9.17) is 9.98 Å². The van der Waals surface area contributed by atoms with Gasteiger partial charge in [-0.25, -0.2) is 9.98 Å². The standard InChI is InChI=1S/C40H30N4/c1-3-12-27(13-4-1)38-42-39(28-14-5-2-6-15-28)44-40(43-38)33-23-31(30-17-11-21-41-26-30)22-32(24-33)37-25-29-16-7-8-18-34(29)35-19-9-10-20-36(35)37/h1-20,22-26,38,41H,21H2,(H,42,43,44). The Hall–Kier alpha value is -5.74. The van der Waals surface area contributed by atoms with Crippen molar-refractivity contribution in [2.24, 2.45) is 9.98 Å². The predicted molar refractivity (Wildman–Crippen MR) is 184 cm³/mol. The molecule has 0 radical (unpaired) electrons. The molecule has 6 aromatic rings. The Morgan fingerprint density at radius 1 is 0.545 bits per heavy atom. The first-order chi connectivity index (χ1) is 21.8. The van der Waals surface area contributed by atoms with E-state index in [0.29, 0.717) is 0 Å². The van der Waals surface area contributed by atoms with Crippen LogP contribution in [0.25, 0.3) is 38.2 Å². The number of rotatable bonds is 5. The Kier molecular flexibility index (Phi) is 6.58. The van der Waals surface area contributed by atoms with Crippen LogP contribution in [0.15, 0.2) is 162 Å². The van der Waals surface area contributed by atoms with E-state index in [0.717, 1.165) is 51.6 Å². The van der Waals surface area contributed by atoms with Crippen molar-refractivity contribution in [2.45, 2.75) is 6.17 Å². The number of fused-ring (bicyclic) bond motifs is 3. The number of allylic oxidation sites excluding steroid dienone is 2. The molecular weight excluding hydrogens is 536 g/mol. The molecule has 0 spiro atoms. The maximum Gasteiger partial charge on any atom is 0.169 e. The van der Waals surface area contributed by atoms with Crippen LogP contribution in [0.3, 0.4) is 0 Å². The fraction of sp³-hybridized carbons (Fsp3) is 0.0500. The number of aliphatic imine (C=N–C) groups is 2. The van der Waals surface area contributed by atoms with E-state index in [1.807, 2.05) is 36.4 Å². The number of nitrogens with one attached hydrogen (secondary N) is 2. The molecule has 4 nitrogen and oxygen atoms in total. The lowest BCUT2D eigenvalue weighted by molar-refractivity contribution is 0.756. The highest BCUT2D eigenvalue weighted by Crippen LogP contribution is 2.37. The summed E-state index contributed by atoms with van der Waals surface area (Å²) >= 11 is 0. The zero-order valence-corrected chi connectivity index (χ0v) is 24.1. The molecule has 0 amide bonds. The molecule has 210 valence electrons. The molecule has 4 heteroatoms. The van der Waals surface area contributed by atoms with Crippen molar-refractivity contribution in [1.82, 2.24) is 10.6 Å². The zero-order valence-electron chi connectivity index (χ0n) is 24.1. The maximum absolute atomic E-state index is 5.20. The molecule has 1 atom stereocenters. The molecule has 2 N–H and O–H groups in total. The minimum Gasteiger partial charge on any atom is -0.387 e. The summed E-state index contributed by atoms with van der Waals surface area (Å²) in [6.45, 7) is 0.829. The Morgan fingerprint density at radius 2 is 1.18 bits per heavy atom. The van der Waals surface area contributed by atoms with Gasteiger partial charge in [0, 0.05) is 23.9 Å². The van der Waals surface area contributed by atoms with Crippen molar-refractivity contribution in [3.8, 4) is 11.1 Å². The number of hydrogen-bond acceptors (Lipinski definition) is 4. The molecule has 0 saturated carbocycles. The number of hydrogen-bond donors (Lipinski definition) is 2. The number of dihydropyridines is 1. The molecule has 0 bridgehead atoms. The third-order valence-corrected chi connectivity index (χ3v) is 8.29. The molecule has 2 aliphatic heterocycles. The molecule has 0 aliphatic carbocycles. The fourth-order valence-electron chi connectivity index (χ4n) is 6.14. The van der Waals surface area contributed by atoms with E-state index < -0.39 is 0 Å². The smallest absolute Gasteiger partial charge is 0.169 e. The summed E-state index contributed by atoms with van der Waals surface area (Å²) in [6, 6.07) is 47.1. The quantitative estimate of drug-likeness (QED) is 0.205.